The van der Waals surface area contributed by atoms with Crippen LogP contribution in [0.4, 0.5) is 26.7 Å². The minimum atomic E-state index is -0.824. The molecule has 1 unspecified atom stereocenters. The molecule has 2 aromatic heterocycles. The summed E-state index contributed by atoms with van der Waals surface area (Å²) in [5, 5.41) is 22.7. The van der Waals surface area contributed by atoms with Crippen LogP contribution in [0.25, 0.3) is 0 Å². The number of piperidine rings is 1. The third-order valence-electron chi connectivity index (χ3n) is 12.2. The fourth-order valence-electron chi connectivity index (χ4n) is 8.62. The monoisotopic (exact) mass is 981 g/mol. The summed E-state index contributed by atoms with van der Waals surface area (Å²) < 4.78 is 37.7. The Labute approximate surface area is 405 Å². The summed E-state index contributed by atoms with van der Waals surface area (Å²) in [5.41, 5.74) is 1.65. The molecule has 0 bridgehead atoms. The SMILES string of the molecule is COc1cc(/N=N\c2cccc3c2CN(C2CCC(=O)NC2=O)C3=O)cc(OC)c1OCC(=O)NCCCNC(=O)[C@]1(Cc2cccc(Nc3nccs3)n2)CC[C@@H](Oc2cccc(Cl)c2F)CC1. The standard InChI is InChI=1S/C48H49ClFN9O9S/c1-65-37-23-29(57-58-34-10-4-8-31-32(34)26-59(45(31)63)35-13-14-40(60)56-44(35)62)24-38(66-2)43(37)67-27-41(61)51-19-6-20-52-46(64)48(25-28-7-3-12-39(54-28)55-47-53-21-22-69-47)17-15-30(16-18-48)68-36-11-5-9-33(49)42(36)50/h3-5,7-12,21-24,30,35H,6,13-20,25-27H2,1-2H3,(H,51,61)(H,52,64)(H,53,54,55)(H,56,60,62)/b58-57-/t30-,35?,48-. The first kappa shape index (κ1) is 48.3. The predicted molar refractivity (Wildman–Crippen MR) is 252 cm³/mol. The van der Waals surface area contributed by atoms with Crippen molar-refractivity contribution in [2.75, 3.05) is 39.2 Å². The summed E-state index contributed by atoms with van der Waals surface area (Å²) in [7, 11) is 2.85. The molecule has 1 atom stereocenters. The maximum atomic E-state index is 14.7. The fourth-order valence-corrected chi connectivity index (χ4v) is 9.33. The van der Waals surface area contributed by atoms with Crippen LogP contribution in [0.1, 0.15) is 66.6 Å². The lowest BCUT2D eigenvalue weighted by Gasteiger charge is -2.39. The van der Waals surface area contributed by atoms with Gasteiger partial charge in [0.25, 0.3) is 11.8 Å². The first-order valence-electron chi connectivity index (χ1n) is 22.3. The van der Waals surface area contributed by atoms with Gasteiger partial charge >= 0.3 is 0 Å². The van der Waals surface area contributed by atoms with Gasteiger partial charge in [0, 0.05) is 73.0 Å². The number of methoxy groups -OCH3 is 2. The van der Waals surface area contributed by atoms with Crippen molar-refractivity contribution >= 4 is 74.8 Å². The van der Waals surface area contributed by atoms with Gasteiger partial charge in [-0.05, 0) is 74.9 Å². The topological polar surface area (TPSA) is 224 Å². The maximum absolute atomic E-state index is 14.7. The third-order valence-corrected chi connectivity index (χ3v) is 13.1. The zero-order valence-corrected chi connectivity index (χ0v) is 39.3. The highest BCUT2D eigenvalue weighted by molar-refractivity contribution is 7.13. The zero-order chi connectivity index (χ0) is 48.5. The van der Waals surface area contributed by atoms with Crippen molar-refractivity contribution in [2.24, 2.45) is 15.6 Å². The highest BCUT2D eigenvalue weighted by Crippen LogP contribution is 2.43. The Balaban J connectivity index is 0.845. The molecule has 1 saturated heterocycles. The number of carbonyl (C=O) groups excluding carboxylic acids is 5. The number of ether oxygens (including phenoxy) is 4. The number of fused-ring (bicyclic) bond motifs is 1. The molecule has 360 valence electrons. The molecule has 3 aliphatic rings. The number of nitrogens with zero attached hydrogens (tertiary/aromatic N) is 5. The second-order valence-electron chi connectivity index (χ2n) is 16.6. The van der Waals surface area contributed by atoms with E-state index in [4.69, 9.17) is 35.5 Å². The van der Waals surface area contributed by atoms with Crippen LogP contribution in [-0.4, -0.2) is 90.5 Å². The second-order valence-corrected chi connectivity index (χ2v) is 17.9. The predicted octanol–water partition coefficient (Wildman–Crippen LogP) is 7.52. The fraction of sp³-hybridized carbons (Fsp3) is 0.354. The number of hydrogen-bond acceptors (Lipinski definition) is 15. The van der Waals surface area contributed by atoms with Crippen LogP contribution in [0.3, 0.4) is 0 Å². The molecular formula is C48H49ClFN9O9S. The van der Waals surface area contributed by atoms with E-state index in [-0.39, 0.29) is 90.9 Å². The van der Waals surface area contributed by atoms with Crippen molar-refractivity contribution in [3.05, 3.63) is 106 Å². The molecule has 18 nitrogen and oxygen atoms in total. The summed E-state index contributed by atoms with van der Waals surface area (Å²) in [6.07, 6.45) is 4.48. The minimum absolute atomic E-state index is 0.0245. The number of nitrogens with one attached hydrogen (secondary N) is 4. The number of halogens is 2. The molecule has 3 aromatic carbocycles. The molecule has 4 N–H and O–H groups in total. The van der Waals surface area contributed by atoms with Crippen molar-refractivity contribution in [2.45, 2.75) is 70.1 Å². The van der Waals surface area contributed by atoms with Crippen molar-refractivity contribution in [1.82, 2.24) is 30.8 Å². The number of azo groups is 1. The van der Waals surface area contributed by atoms with E-state index in [2.05, 4.69) is 36.5 Å². The Bertz CT molecular complexity index is 2730. The first-order valence-corrected chi connectivity index (χ1v) is 23.5. The quantitative estimate of drug-likeness (QED) is 0.0358. The Morgan fingerprint density at radius 1 is 0.957 bits per heavy atom. The average Bonchev–Trinajstić information content (AvgIpc) is 3.99. The van der Waals surface area contributed by atoms with Gasteiger partial charge in [0.05, 0.1) is 42.1 Å². The van der Waals surface area contributed by atoms with Crippen LogP contribution >= 0.6 is 22.9 Å². The third kappa shape index (κ3) is 11.4. The van der Waals surface area contributed by atoms with Crippen molar-refractivity contribution in [3.8, 4) is 23.0 Å². The van der Waals surface area contributed by atoms with E-state index in [0.717, 1.165) is 5.69 Å². The van der Waals surface area contributed by atoms with E-state index >= 15 is 0 Å². The number of pyridine rings is 1. The molecule has 4 heterocycles. The van der Waals surface area contributed by atoms with Gasteiger partial charge in [-0.3, -0.25) is 29.3 Å². The highest BCUT2D eigenvalue weighted by Gasteiger charge is 2.43. The number of imide groups is 1. The van der Waals surface area contributed by atoms with Gasteiger partial charge in [-0.1, -0.05) is 29.8 Å². The van der Waals surface area contributed by atoms with Gasteiger partial charge in [0.15, 0.2) is 34.8 Å². The summed E-state index contributed by atoms with van der Waals surface area (Å²) >= 11 is 7.44. The van der Waals surface area contributed by atoms with Crippen LogP contribution in [0, 0.1) is 11.2 Å². The van der Waals surface area contributed by atoms with Crippen molar-refractivity contribution in [3.63, 3.8) is 0 Å². The number of rotatable bonds is 19. The van der Waals surface area contributed by atoms with E-state index in [1.54, 1.807) is 48.7 Å². The number of carbonyl (C=O) groups is 5. The largest absolute Gasteiger partial charge is 0.493 e. The Morgan fingerprint density at radius 3 is 2.45 bits per heavy atom. The molecule has 2 fully saturated rings. The Hall–Kier alpha value is -7.19. The molecule has 5 aromatic rings. The van der Waals surface area contributed by atoms with Gasteiger partial charge in [0.2, 0.25) is 23.5 Å². The van der Waals surface area contributed by atoms with Crippen LogP contribution < -0.4 is 40.2 Å². The van der Waals surface area contributed by atoms with Gasteiger partial charge in [-0.2, -0.15) is 10.2 Å². The lowest BCUT2D eigenvalue weighted by Crippen LogP contribution is -2.52. The number of amides is 5. The first-order chi connectivity index (χ1) is 33.4. The zero-order valence-electron chi connectivity index (χ0n) is 37.7. The molecule has 5 amide bonds. The van der Waals surface area contributed by atoms with Crippen LogP contribution in [0.2, 0.25) is 5.02 Å². The summed E-state index contributed by atoms with van der Waals surface area (Å²) in [6, 6.07) is 17.6. The Kier molecular flexibility index (Phi) is 15.3. The molecule has 1 aliphatic carbocycles. The van der Waals surface area contributed by atoms with Crippen molar-refractivity contribution < 1.29 is 47.3 Å². The smallest absolute Gasteiger partial charge is 0.257 e. The van der Waals surface area contributed by atoms with Crippen LogP contribution in [-0.2, 0) is 32.1 Å². The van der Waals surface area contributed by atoms with Crippen LogP contribution in [0.15, 0.2) is 88.5 Å². The number of hydrogen-bond donors (Lipinski definition) is 4. The molecule has 69 heavy (non-hydrogen) atoms. The summed E-state index contributed by atoms with van der Waals surface area (Å²) in [6.45, 7) is 0.285. The number of aromatic nitrogens is 2. The van der Waals surface area contributed by atoms with Crippen molar-refractivity contribution in [1.29, 1.82) is 0 Å². The molecule has 0 radical (unpaired) electrons. The van der Waals surface area contributed by atoms with E-state index in [0.29, 0.717) is 72.0 Å². The number of thiazole rings is 1. The highest BCUT2D eigenvalue weighted by atomic mass is 35.5. The Morgan fingerprint density at radius 2 is 1.71 bits per heavy atom. The summed E-state index contributed by atoms with van der Waals surface area (Å²) in [5.74, 6) is -1.10. The van der Waals surface area contributed by atoms with E-state index < -0.39 is 29.1 Å². The normalized spacial score (nSPS) is 18.9. The van der Waals surface area contributed by atoms with Gasteiger partial charge in [-0.15, -0.1) is 11.3 Å². The van der Waals surface area contributed by atoms with E-state index in [1.807, 2.05) is 23.6 Å². The average molecular weight is 982 g/mol. The lowest BCUT2D eigenvalue weighted by molar-refractivity contribution is -0.137. The molecule has 1 saturated carbocycles. The minimum Gasteiger partial charge on any atom is -0.493 e. The molecule has 21 heteroatoms. The van der Waals surface area contributed by atoms with Gasteiger partial charge in [0.1, 0.15) is 11.9 Å². The second kappa shape index (κ2) is 21.8. The van der Waals surface area contributed by atoms with Gasteiger partial charge < -0.3 is 39.8 Å². The number of anilines is 2. The molecule has 0 spiro atoms. The molecule has 8 rings (SSSR count). The molecule has 2 aliphatic heterocycles. The molecular weight excluding hydrogens is 933 g/mol. The van der Waals surface area contributed by atoms with Crippen LogP contribution in [0.5, 0.6) is 23.0 Å². The number of benzene rings is 3. The lowest BCUT2D eigenvalue weighted by atomic mass is 9.69. The van der Waals surface area contributed by atoms with E-state index in [1.165, 1.54) is 36.5 Å². The van der Waals surface area contributed by atoms with E-state index in [9.17, 15) is 28.4 Å². The maximum Gasteiger partial charge on any atom is 0.257 e. The summed E-state index contributed by atoms with van der Waals surface area (Å²) in [4.78, 5) is 75.1. The van der Waals surface area contributed by atoms with Gasteiger partial charge in [-0.25, -0.2) is 14.4 Å².